The van der Waals surface area contributed by atoms with Crippen LogP contribution in [0.2, 0.25) is 0 Å². The minimum Gasteiger partial charge on any atom is -0.240 e. The Hall–Kier alpha value is -2.50. The molecule has 0 bridgehead atoms. The van der Waals surface area contributed by atoms with Gasteiger partial charge >= 0.3 is 0 Å². The molecule has 0 unspecified atom stereocenters. The van der Waals surface area contributed by atoms with E-state index in [0.29, 0.717) is 5.56 Å². The third-order valence-corrected chi connectivity index (χ3v) is 36.8. The molecule has 0 spiro atoms. The van der Waals surface area contributed by atoms with Crippen molar-refractivity contribution in [2.45, 2.75) is 465 Å². The van der Waals surface area contributed by atoms with Gasteiger partial charge in [-0.2, -0.15) is 0 Å². The lowest BCUT2D eigenvalue weighted by atomic mass is 10.0. The molecule has 8 aromatic heterocycles. The van der Waals surface area contributed by atoms with Crippen molar-refractivity contribution in [1.82, 2.24) is 9.97 Å². The molecule has 1 aromatic carbocycles. The van der Waals surface area contributed by atoms with Crippen molar-refractivity contribution in [3.63, 3.8) is 0 Å². The lowest BCUT2D eigenvalue weighted by Gasteiger charge is -2.04. The van der Waals surface area contributed by atoms with E-state index in [2.05, 4.69) is 122 Å². The highest BCUT2D eigenvalue weighted by Gasteiger charge is 2.27. The number of nitrogens with zero attached hydrogens (tertiary/aromatic N) is 2. The molecule has 0 radical (unpaired) electrons. The Labute approximate surface area is 792 Å². The van der Waals surface area contributed by atoms with Crippen LogP contribution < -0.4 is 0 Å². The molecule has 9 aromatic rings. The summed E-state index contributed by atoms with van der Waals surface area (Å²) in [6, 6.07) is 22.2. The first-order valence-electron chi connectivity index (χ1n) is 50.6. The highest BCUT2D eigenvalue weighted by atomic mass is 79.9. The number of aromatic nitrogens is 2. The van der Waals surface area contributed by atoms with E-state index in [4.69, 9.17) is 9.97 Å². The van der Waals surface area contributed by atoms with E-state index in [1.165, 1.54) is 479 Å². The number of unbranched alkanes of at least 4 members (excludes halogenated alkanes) is 54. The monoisotopic (exact) mass is 1940 g/mol. The first-order valence-corrected chi connectivity index (χ1v) is 58.7. The quantitative estimate of drug-likeness (QED) is 0.0280. The molecule has 0 aliphatic carbocycles. The van der Waals surface area contributed by atoms with Crippen LogP contribution in [0.4, 0.5) is 8.78 Å². The van der Waals surface area contributed by atoms with Crippen LogP contribution in [0.1, 0.15) is 460 Å². The topological polar surface area (TPSA) is 25.8 Å². The molecule has 9 rings (SSSR count). The Morgan fingerprint density at radius 2 is 0.475 bits per heavy atom. The van der Waals surface area contributed by atoms with E-state index in [1.54, 1.807) is 11.3 Å². The minimum atomic E-state index is -0.429. The van der Waals surface area contributed by atoms with Crippen molar-refractivity contribution in [3.05, 3.63) is 114 Å². The van der Waals surface area contributed by atoms with Crippen molar-refractivity contribution >= 4 is 123 Å². The van der Waals surface area contributed by atoms with Gasteiger partial charge < -0.3 is 0 Å². The minimum absolute atomic E-state index is 0.164. The van der Waals surface area contributed by atoms with Crippen molar-refractivity contribution in [2.75, 3.05) is 0 Å². The molecule has 0 saturated carbocycles. The van der Waals surface area contributed by atoms with Gasteiger partial charge in [0, 0.05) is 49.5 Å². The standard InChI is InChI=1S/C108H160Br2F2N2S8/c1-7-13-19-25-31-37-43-49-55-61-67-83-77-97(87-81-90(112)88(109)82-89(87)111)117-101(83)98-78-84(68-62-56-50-44-38-32-26-20-14-8-2)103(118-98)107-113-91(71-65-59-53-47-41-35-29-23-17-11-5)105(121-107)95-75-73-93(115-95)94-74-76-96(116-94)106-92(72-66-60-54-48-42-36-30-24-18-12-6)114-108(122-106)104-85(69-63-57-51-45-39-33-27-21-15-9-3)79-99(119-104)102-86(80-100(110)120-102)70-64-58-52-46-40-34-28-22-16-10-4/h73-82H,7-72H2,1-6H3. The maximum Gasteiger partial charge on any atom is 0.138 e. The first-order chi connectivity index (χ1) is 60.0. The average Bonchev–Trinajstić information content (AvgIpc) is 1.62. The Kier molecular flexibility index (Phi) is 53.1. The lowest BCUT2D eigenvalue weighted by molar-refractivity contribution is 0.555. The van der Waals surface area contributed by atoms with Crippen LogP contribution in [0.25, 0.3) is 79.0 Å². The fraction of sp³-hybridized carbons (Fsp3) is 0.667. The molecule has 0 aliphatic heterocycles. The summed E-state index contributed by atoms with van der Waals surface area (Å²) in [6.45, 7) is 13.9. The van der Waals surface area contributed by atoms with E-state index in [0.717, 1.165) is 67.7 Å². The van der Waals surface area contributed by atoms with Gasteiger partial charge in [0.05, 0.1) is 39.2 Å². The summed E-state index contributed by atoms with van der Waals surface area (Å²) < 4.78 is 33.1. The van der Waals surface area contributed by atoms with Crippen LogP contribution in [0.15, 0.2) is 68.9 Å². The van der Waals surface area contributed by atoms with Crippen LogP contribution >= 0.6 is 123 Å². The van der Waals surface area contributed by atoms with Crippen LogP contribution in [0.5, 0.6) is 0 Å². The number of hydrogen-bond acceptors (Lipinski definition) is 10. The third-order valence-electron chi connectivity index (χ3n) is 25.3. The predicted octanol–water partition coefficient (Wildman–Crippen LogP) is 42.9. The maximum atomic E-state index is 16.2. The molecule has 678 valence electrons. The number of rotatable bonds is 74. The van der Waals surface area contributed by atoms with Crippen LogP contribution in [-0.2, 0) is 38.5 Å². The fourth-order valence-corrected chi connectivity index (χ4v) is 28.6. The Morgan fingerprint density at radius 1 is 0.221 bits per heavy atom. The van der Waals surface area contributed by atoms with Crippen LogP contribution in [0, 0.1) is 11.6 Å². The summed E-state index contributed by atoms with van der Waals surface area (Å²) in [5.74, 6) is -0.816. The summed E-state index contributed by atoms with van der Waals surface area (Å²) in [5, 5.41) is 2.38. The first kappa shape index (κ1) is 103. The third kappa shape index (κ3) is 37.0. The Balaban J connectivity index is 1.03. The zero-order valence-corrected chi connectivity index (χ0v) is 86.8. The van der Waals surface area contributed by atoms with Crippen LogP contribution in [-0.4, -0.2) is 9.97 Å². The van der Waals surface area contributed by atoms with Gasteiger partial charge in [0.15, 0.2) is 0 Å². The zero-order valence-electron chi connectivity index (χ0n) is 77.1. The number of benzene rings is 1. The van der Waals surface area contributed by atoms with Crippen molar-refractivity contribution in [2.24, 2.45) is 0 Å². The van der Waals surface area contributed by atoms with Crippen molar-refractivity contribution in [3.8, 4) is 79.0 Å². The predicted molar refractivity (Wildman–Crippen MR) is 557 cm³/mol. The van der Waals surface area contributed by atoms with Crippen molar-refractivity contribution in [1.29, 1.82) is 0 Å². The summed E-state index contributed by atoms with van der Waals surface area (Å²) in [6.07, 6.45) is 85.6. The summed E-state index contributed by atoms with van der Waals surface area (Å²) in [4.78, 5) is 28.8. The Morgan fingerprint density at radius 3 is 0.795 bits per heavy atom. The highest BCUT2D eigenvalue weighted by molar-refractivity contribution is 9.11. The van der Waals surface area contributed by atoms with Crippen LogP contribution in [0.3, 0.4) is 0 Å². The van der Waals surface area contributed by atoms with Gasteiger partial charge in [-0.1, -0.05) is 388 Å². The summed E-state index contributed by atoms with van der Waals surface area (Å²) in [7, 11) is 0. The SMILES string of the molecule is CCCCCCCCCCCCc1cc(Br)sc1-c1cc(CCCCCCCCCCCC)c(-c2nc(CCCCCCCCCCCC)c(-c3ccc(-c4ccc(-c5sc(-c6sc(-c7sc(-c8cc(F)c(Br)cc8F)cc7CCCCCCCCCCCC)cc6CCCCCCCCCCCC)nc5CCCCCCCCCCCC)s4)s3)s2)s1. The van der Waals surface area contributed by atoms with Gasteiger partial charge in [-0.25, -0.2) is 18.7 Å². The molecular formula is C108H160Br2F2N2S8. The normalized spacial score (nSPS) is 11.9. The Bertz CT molecular complexity index is 4210. The number of thiophene rings is 6. The number of halogens is 4. The van der Waals surface area contributed by atoms with Gasteiger partial charge in [-0.15, -0.1) is 90.7 Å². The van der Waals surface area contributed by atoms with Gasteiger partial charge in [-0.05, 0) is 192 Å². The molecular weight excluding hydrogens is 1780 g/mol. The molecule has 14 heteroatoms. The lowest BCUT2D eigenvalue weighted by Crippen LogP contribution is -1.90. The molecule has 0 fully saturated rings. The largest absolute Gasteiger partial charge is 0.240 e. The zero-order chi connectivity index (χ0) is 85.8. The maximum absolute atomic E-state index is 16.2. The molecule has 2 nitrogen and oxygen atoms in total. The summed E-state index contributed by atoms with van der Waals surface area (Å²) in [5.41, 5.74) is 8.62. The number of hydrogen-bond donors (Lipinski definition) is 0. The second-order valence-electron chi connectivity index (χ2n) is 36.1. The molecule has 122 heavy (non-hydrogen) atoms. The molecule has 0 aliphatic rings. The fourth-order valence-electron chi connectivity index (χ4n) is 17.8. The molecule has 0 atom stereocenters. The second-order valence-corrected chi connectivity index (χ2v) is 46.7. The molecule has 0 N–H and O–H groups in total. The number of thiazole rings is 2. The molecule has 0 saturated heterocycles. The van der Waals surface area contributed by atoms with E-state index < -0.39 is 5.82 Å². The average molecular weight is 1940 g/mol. The molecule has 8 heterocycles. The van der Waals surface area contributed by atoms with Crippen molar-refractivity contribution < 1.29 is 8.78 Å². The van der Waals surface area contributed by atoms with Gasteiger partial charge in [0.25, 0.3) is 0 Å². The smallest absolute Gasteiger partial charge is 0.138 e. The van der Waals surface area contributed by atoms with E-state index in [1.807, 2.05) is 79.4 Å². The second kappa shape index (κ2) is 62.7. The number of aryl methyl sites for hydroxylation is 6. The summed E-state index contributed by atoms with van der Waals surface area (Å²) >= 11 is 22.8. The van der Waals surface area contributed by atoms with Gasteiger partial charge in [-0.3, -0.25) is 0 Å². The highest BCUT2D eigenvalue weighted by Crippen LogP contribution is 2.53. The molecule has 0 amide bonds. The van der Waals surface area contributed by atoms with Gasteiger partial charge in [0.1, 0.15) is 21.6 Å². The van der Waals surface area contributed by atoms with E-state index >= 15 is 8.78 Å². The van der Waals surface area contributed by atoms with E-state index in [-0.39, 0.29) is 10.3 Å². The van der Waals surface area contributed by atoms with E-state index in [9.17, 15) is 0 Å². The van der Waals surface area contributed by atoms with Gasteiger partial charge in [0.2, 0.25) is 0 Å².